The van der Waals surface area contributed by atoms with Crippen molar-refractivity contribution in [3.63, 3.8) is 0 Å². The third kappa shape index (κ3) is 4.29. The number of amides is 1. The minimum absolute atomic E-state index is 0.0395. The van der Waals surface area contributed by atoms with Crippen molar-refractivity contribution in [1.29, 1.82) is 0 Å². The topological polar surface area (TPSA) is 84.9 Å². The second-order valence-corrected chi connectivity index (χ2v) is 5.95. The Hall–Kier alpha value is -3.02. The molecule has 0 aromatic heterocycles. The van der Waals surface area contributed by atoms with E-state index in [9.17, 15) is 9.59 Å². The maximum atomic E-state index is 12.3. The molecule has 0 unspecified atom stereocenters. The lowest BCUT2D eigenvalue weighted by molar-refractivity contribution is 0.0693. The van der Waals surface area contributed by atoms with Gasteiger partial charge in [0.25, 0.3) is 5.91 Å². The van der Waals surface area contributed by atoms with Gasteiger partial charge < -0.3 is 19.9 Å². The van der Waals surface area contributed by atoms with Crippen LogP contribution in [0.15, 0.2) is 42.5 Å². The average molecular weight is 341 g/mol. The number of anilines is 1. The molecule has 2 aromatic rings. The molecule has 0 saturated heterocycles. The fourth-order valence-corrected chi connectivity index (χ4v) is 2.35. The number of aromatic carboxylic acids is 1. The zero-order valence-corrected chi connectivity index (χ0v) is 13.8. The molecule has 130 valence electrons. The van der Waals surface area contributed by atoms with Gasteiger partial charge >= 0.3 is 5.97 Å². The van der Waals surface area contributed by atoms with Gasteiger partial charge in [-0.3, -0.25) is 4.79 Å². The van der Waals surface area contributed by atoms with Crippen molar-refractivity contribution >= 4 is 17.6 Å². The summed E-state index contributed by atoms with van der Waals surface area (Å²) in [6.07, 6.45) is 2.45. The van der Waals surface area contributed by atoms with Crippen LogP contribution in [-0.4, -0.2) is 30.7 Å². The number of rotatable bonds is 7. The lowest BCUT2D eigenvalue weighted by Crippen LogP contribution is -2.12. The zero-order chi connectivity index (χ0) is 17.8. The summed E-state index contributed by atoms with van der Waals surface area (Å²) in [5.41, 5.74) is 0.985. The van der Waals surface area contributed by atoms with Gasteiger partial charge in [-0.25, -0.2) is 4.79 Å². The average Bonchev–Trinajstić information content (AvgIpc) is 3.44. The summed E-state index contributed by atoms with van der Waals surface area (Å²) in [7, 11) is 1.38. The van der Waals surface area contributed by atoms with Crippen molar-refractivity contribution in [1.82, 2.24) is 0 Å². The lowest BCUT2D eigenvalue weighted by Gasteiger charge is -2.10. The number of carboxylic acids is 1. The van der Waals surface area contributed by atoms with Crippen molar-refractivity contribution in [2.75, 3.05) is 19.0 Å². The van der Waals surface area contributed by atoms with E-state index in [0.717, 1.165) is 12.4 Å². The number of nitrogens with one attached hydrogen (secondary N) is 1. The molecule has 3 rings (SSSR count). The number of carboxylic acid groups (broad SMARTS) is 1. The van der Waals surface area contributed by atoms with E-state index in [1.54, 1.807) is 24.3 Å². The second kappa shape index (κ2) is 7.25. The van der Waals surface area contributed by atoms with Gasteiger partial charge in [0, 0.05) is 17.3 Å². The van der Waals surface area contributed by atoms with Gasteiger partial charge in [-0.15, -0.1) is 0 Å². The van der Waals surface area contributed by atoms with Crippen LogP contribution in [0.2, 0.25) is 0 Å². The maximum absolute atomic E-state index is 12.3. The van der Waals surface area contributed by atoms with Crippen molar-refractivity contribution < 1.29 is 24.2 Å². The molecule has 6 nitrogen and oxygen atoms in total. The van der Waals surface area contributed by atoms with E-state index in [1.807, 2.05) is 0 Å². The van der Waals surface area contributed by atoms with E-state index in [1.165, 1.54) is 38.2 Å². The minimum Gasteiger partial charge on any atom is -0.496 e. The van der Waals surface area contributed by atoms with Gasteiger partial charge in [-0.2, -0.15) is 0 Å². The number of ether oxygens (including phenoxy) is 2. The van der Waals surface area contributed by atoms with Crippen LogP contribution in [0.3, 0.4) is 0 Å². The molecule has 0 bridgehead atoms. The summed E-state index contributed by atoms with van der Waals surface area (Å²) >= 11 is 0. The smallest absolute Gasteiger partial charge is 0.339 e. The minimum atomic E-state index is -1.09. The number of hydrogen-bond acceptors (Lipinski definition) is 4. The Morgan fingerprint density at radius 3 is 2.48 bits per heavy atom. The van der Waals surface area contributed by atoms with Crippen LogP contribution < -0.4 is 14.8 Å². The predicted octanol–water partition coefficient (Wildman–Crippen LogP) is 3.43. The Balaban J connectivity index is 1.65. The van der Waals surface area contributed by atoms with Gasteiger partial charge in [0.2, 0.25) is 0 Å². The Morgan fingerprint density at radius 1 is 1.16 bits per heavy atom. The summed E-state index contributed by atoms with van der Waals surface area (Å²) in [6.45, 7) is 0.723. The fourth-order valence-electron chi connectivity index (χ4n) is 2.35. The van der Waals surface area contributed by atoms with Gasteiger partial charge in [-0.1, -0.05) is 0 Å². The number of carbonyl (C=O) groups is 2. The fraction of sp³-hybridized carbons (Fsp3) is 0.263. The first-order valence-corrected chi connectivity index (χ1v) is 8.02. The Morgan fingerprint density at radius 2 is 1.88 bits per heavy atom. The molecule has 6 heteroatoms. The summed E-state index contributed by atoms with van der Waals surface area (Å²) in [5.74, 6) is 0.229. The first kappa shape index (κ1) is 16.8. The summed E-state index contributed by atoms with van der Waals surface area (Å²) < 4.78 is 10.7. The van der Waals surface area contributed by atoms with E-state index in [2.05, 4.69) is 5.32 Å². The molecule has 0 aliphatic heterocycles. The van der Waals surface area contributed by atoms with Crippen molar-refractivity contribution in [2.45, 2.75) is 12.8 Å². The molecule has 0 atom stereocenters. The molecule has 2 N–H and O–H groups in total. The number of hydrogen-bond donors (Lipinski definition) is 2. The molecule has 1 aliphatic rings. The maximum Gasteiger partial charge on any atom is 0.339 e. The normalized spacial score (nSPS) is 13.2. The van der Waals surface area contributed by atoms with Gasteiger partial charge in [0.05, 0.1) is 13.7 Å². The predicted molar refractivity (Wildman–Crippen MR) is 92.6 cm³/mol. The van der Waals surface area contributed by atoms with E-state index in [4.69, 9.17) is 14.6 Å². The largest absolute Gasteiger partial charge is 0.496 e. The SMILES string of the molecule is COc1cc(NC(=O)c2ccc(OCC3CC3)cc2)ccc1C(=O)O. The Kier molecular flexibility index (Phi) is 4.88. The van der Waals surface area contributed by atoms with Gasteiger partial charge in [0.15, 0.2) is 0 Å². The molecule has 1 fully saturated rings. The number of benzene rings is 2. The highest BCUT2D eigenvalue weighted by Gasteiger charge is 2.21. The van der Waals surface area contributed by atoms with E-state index < -0.39 is 5.97 Å². The standard InChI is InChI=1S/C19H19NO5/c1-24-17-10-14(6-9-16(17)19(22)23)20-18(21)13-4-7-15(8-5-13)25-11-12-2-3-12/h4-10,12H,2-3,11H2,1H3,(H,20,21)(H,22,23). The molecule has 0 radical (unpaired) electrons. The lowest BCUT2D eigenvalue weighted by atomic mass is 10.1. The first-order chi connectivity index (χ1) is 12.1. The monoisotopic (exact) mass is 341 g/mol. The molecular formula is C19H19NO5. The van der Waals surface area contributed by atoms with E-state index in [-0.39, 0.29) is 17.2 Å². The van der Waals surface area contributed by atoms with Crippen LogP contribution in [0.5, 0.6) is 11.5 Å². The molecule has 0 spiro atoms. The van der Waals surface area contributed by atoms with Crippen LogP contribution >= 0.6 is 0 Å². The first-order valence-electron chi connectivity index (χ1n) is 8.02. The van der Waals surface area contributed by atoms with Crippen LogP contribution in [-0.2, 0) is 0 Å². The second-order valence-electron chi connectivity index (χ2n) is 5.95. The van der Waals surface area contributed by atoms with Crippen LogP contribution in [0.25, 0.3) is 0 Å². The Labute approximate surface area is 145 Å². The summed E-state index contributed by atoms with van der Waals surface area (Å²) in [5, 5.41) is 11.8. The quantitative estimate of drug-likeness (QED) is 0.806. The van der Waals surface area contributed by atoms with Crippen LogP contribution in [0.1, 0.15) is 33.6 Å². The van der Waals surface area contributed by atoms with Crippen molar-refractivity contribution in [2.24, 2.45) is 5.92 Å². The van der Waals surface area contributed by atoms with Gasteiger partial charge in [-0.05, 0) is 55.2 Å². The third-order valence-electron chi connectivity index (χ3n) is 3.99. The van der Waals surface area contributed by atoms with Crippen molar-refractivity contribution in [3.05, 3.63) is 53.6 Å². The number of methoxy groups -OCH3 is 1. The molecule has 0 heterocycles. The molecule has 1 amide bonds. The summed E-state index contributed by atoms with van der Waals surface area (Å²) in [6, 6.07) is 11.3. The molecule has 25 heavy (non-hydrogen) atoms. The highest BCUT2D eigenvalue weighted by atomic mass is 16.5. The highest BCUT2D eigenvalue weighted by Crippen LogP contribution is 2.29. The van der Waals surface area contributed by atoms with Gasteiger partial charge in [0.1, 0.15) is 17.1 Å². The number of carbonyl (C=O) groups excluding carboxylic acids is 1. The van der Waals surface area contributed by atoms with Crippen LogP contribution in [0.4, 0.5) is 5.69 Å². The molecule has 1 aliphatic carbocycles. The summed E-state index contributed by atoms with van der Waals surface area (Å²) in [4.78, 5) is 23.4. The van der Waals surface area contributed by atoms with Crippen molar-refractivity contribution in [3.8, 4) is 11.5 Å². The molecular weight excluding hydrogens is 322 g/mol. The Bertz CT molecular complexity index is 781. The van der Waals surface area contributed by atoms with Crippen LogP contribution in [0, 0.1) is 5.92 Å². The third-order valence-corrected chi connectivity index (χ3v) is 3.99. The van der Waals surface area contributed by atoms with E-state index >= 15 is 0 Å². The molecule has 2 aromatic carbocycles. The zero-order valence-electron chi connectivity index (χ0n) is 13.8. The highest BCUT2D eigenvalue weighted by molar-refractivity contribution is 6.04. The van der Waals surface area contributed by atoms with E-state index in [0.29, 0.717) is 17.2 Å². The molecule has 1 saturated carbocycles.